The second-order valence-electron chi connectivity index (χ2n) is 4.69. The van der Waals surface area contributed by atoms with Crippen molar-refractivity contribution in [3.8, 4) is 0 Å². The first-order chi connectivity index (χ1) is 5.76. The van der Waals surface area contributed by atoms with E-state index >= 15 is 0 Å². The fourth-order valence-corrected chi connectivity index (χ4v) is 2.75. The molecule has 0 spiro atoms. The maximum Gasteiger partial charge on any atom is 0.0633 e. The normalized spacial score (nSPS) is 27.0. The zero-order valence-electron chi connectivity index (χ0n) is 9.05. The molecular formula is C10H19NOS. The monoisotopic (exact) mass is 201 g/mol. The molecule has 0 radical (unpaired) electrons. The van der Waals surface area contributed by atoms with Gasteiger partial charge in [-0.1, -0.05) is 0 Å². The molecule has 1 rings (SSSR count). The van der Waals surface area contributed by atoms with E-state index in [-0.39, 0.29) is 11.1 Å². The molecule has 3 heteroatoms. The van der Waals surface area contributed by atoms with Gasteiger partial charge in [0.05, 0.1) is 11.1 Å². The van der Waals surface area contributed by atoms with Crippen LogP contribution in [0.4, 0.5) is 0 Å². The Labute approximate surface area is 86.0 Å². The first-order valence-electron chi connectivity index (χ1n) is 4.57. The highest BCUT2D eigenvalue weighted by molar-refractivity contribution is 7.80. The summed E-state index contributed by atoms with van der Waals surface area (Å²) < 4.78 is 0. The summed E-state index contributed by atoms with van der Waals surface area (Å²) in [6.45, 7) is 10.2. The van der Waals surface area contributed by atoms with E-state index in [1.165, 1.54) is 16.2 Å². The molecule has 1 aliphatic rings. The minimum absolute atomic E-state index is 0.262. The van der Waals surface area contributed by atoms with Crippen LogP contribution in [0.15, 0.2) is 11.1 Å². The Kier molecular flexibility index (Phi) is 2.56. The van der Waals surface area contributed by atoms with E-state index in [2.05, 4.69) is 19.6 Å². The Morgan fingerprint density at radius 1 is 1.23 bits per heavy atom. The summed E-state index contributed by atoms with van der Waals surface area (Å²) in [5.41, 5.74) is 1.91. The van der Waals surface area contributed by atoms with Crippen LogP contribution in [-0.4, -0.2) is 27.1 Å². The van der Waals surface area contributed by atoms with Gasteiger partial charge in [-0.25, -0.2) is 0 Å². The molecule has 2 nitrogen and oxygen atoms in total. The summed E-state index contributed by atoms with van der Waals surface area (Å²) in [5.74, 6) is 0.708. The Morgan fingerprint density at radius 2 is 1.69 bits per heavy atom. The van der Waals surface area contributed by atoms with Gasteiger partial charge in [-0.05, 0) is 45.8 Å². The Hall–Kier alpha value is 0.01000. The van der Waals surface area contributed by atoms with Gasteiger partial charge in [0.15, 0.2) is 0 Å². The van der Waals surface area contributed by atoms with E-state index < -0.39 is 0 Å². The fourth-order valence-electron chi connectivity index (χ4n) is 2.13. The van der Waals surface area contributed by atoms with Crippen molar-refractivity contribution in [3.05, 3.63) is 11.1 Å². The summed E-state index contributed by atoms with van der Waals surface area (Å²) in [6.07, 6.45) is 0. The van der Waals surface area contributed by atoms with Crippen molar-refractivity contribution < 1.29 is 5.21 Å². The van der Waals surface area contributed by atoms with Crippen molar-refractivity contribution in [2.24, 2.45) is 0 Å². The number of nitrogens with zero attached hydrogens (tertiary/aromatic N) is 1. The molecule has 0 unspecified atom stereocenters. The van der Waals surface area contributed by atoms with Gasteiger partial charge in [0.1, 0.15) is 0 Å². The van der Waals surface area contributed by atoms with Crippen molar-refractivity contribution in [1.82, 2.24) is 5.06 Å². The summed E-state index contributed by atoms with van der Waals surface area (Å²) in [5, 5.41) is 11.4. The smallest absolute Gasteiger partial charge is 0.0633 e. The van der Waals surface area contributed by atoms with Crippen molar-refractivity contribution in [3.63, 3.8) is 0 Å². The second-order valence-corrected chi connectivity index (χ2v) is 5.01. The van der Waals surface area contributed by atoms with Crippen LogP contribution >= 0.6 is 12.6 Å². The van der Waals surface area contributed by atoms with Crippen LogP contribution in [0.2, 0.25) is 0 Å². The van der Waals surface area contributed by atoms with E-state index in [1.807, 2.05) is 27.7 Å². The van der Waals surface area contributed by atoms with Gasteiger partial charge in [0, 0.05) is 5.75 Å². The summed E-state index contributed by atoms with van der Waals surface area (Å²) in [7, 11) is 0. The average molecular weight is 201 g/mol. The lowest BCUT2D eigenvalue weighted by Crippen LogP contribution is -2.48. The van der Waals surface area contributed by atoms with Gasteiger partial charge in [0.2, 0.25) is 0 Å². The van der Waals surface area contributed by atoms with E-state index in [4.69, 9.17) is 0 Å². The number of thiol groups is 1. The number of rotatable bonds is 1. The predicted molar refractivity (Wildman–Crippen MR) is 58.3 cm³/mol. The molecule has 13 heavy (non-hydrogen) atoms. The molecule has 0 bridgehead atoms. The van der Waals surface area contributed by atoms with Gasteiger partial charge < -0.3 is 5.21 Å². The van der Waals surface area contributed by atoms with Gasteiger partial charge in [-0.2, -0.15) is 17.7 Å². The molecule has 76 valence electrons. The highest BCUT2D eigenvalue weighted by atomic mass is 32.1. The molecule has 0 saturated heterocycles. The molecule has 1 N–H and O–H groups in total. The highest BCUT2D eigenvalue weighted by Gasteiger charge is 2.48. The van der Waals surface area contributed by atoms with Crippen LogP contribution in [0, 0.1) is 0 Å². The van der Waals surface area contributed by atoms with E-state index in [1.54, 1.807) is 0 Å². The third-order valence-corrected chi connectivity index (χ3v) is 3.64. The number of hydrogen-bond donors (Lipinski definition) is 2. The SMILES string of the molecule is CC1=C(CS)C(C)(C)N(O)C1(C)C. The quantitative estimate of drug-likeness (QED) is 0.503. The van der Waals surface area contributed by atoms with Crippen LogP contribution in [0.3, 0.4) is 0 Å². The van der Waals surface area contributed by atoms with Crippen LogP contribution in [0.25, 0.3) is 0 Å². The lowest BCUT2D eigenvalue weighted by atomic mass is 9.93. The lowest BCUT2D eigenvalue weighted by molar-refractivity contribution is -0.187. The van der Waals surface area contributed by atoms with E-state index in [0.29, 0.717) is 5.75 Å². The molecule has 0 aromatic rings. The fraction of sp³-hybridized carbons (Fsp3) is 0.800. The minimum atomic E-state index is -0.282. The molecule has 0 atom stereocenters. The summed E-state index contributed by atoms with van der Waals surface area (Å²) in [4.78, 5) is 0. The first-order valence-corrected chi connectivity index (χ1v) is 5.20. The maximum absolute atomic E-state index is 10.0. The molecule has 1 aliphatic heterocycles. The Balaban J connectivity index is 3.23. The van der Waals surface area contributed by atoms with E-state index in [9.17, 15) is 5.21 Å². The van der Waals surface area contributed by atoms with Crippen LogP contribution in [0.5, 0.6) is 0 Å². The lowest BCUT2D eigenvalue weighted by Gasteiger charge is -2.36. The molecule has 1 heterocycles. The average Bonchev–Trinajstić information content (AvgIpc) is 2.12. The predicted octanol–water partition coefficient (Wildman–Crippen LogP) is 2.49. The standard InChI is InChI=1S/C10H19NOS/c1-7-8(6-13)10(4,5)11(12)9(7,2)3/h12-13H,6H2,1-5H3. The molecule has 0 aromatic carbocycles. The first kappa shape index (κ1) is 11.1. The van der Waals surface area contributed by atoms with Crippen molar-refractivity contribution in [2.45, 2.75) is 45.7 Å². The minimum Gasteiger partial charge on any atom is -0.312 e. The van der Waals surface area contributed by atoms with Crippen LogP contribution in [0.1, 0.15) is 34.6 Å². The van der Waals surface area contributed by atoms with Crippen LogP contribution < -0.4 is 0 Å². The summed E-state index contributed by atoms with van der Waals surface area (Å²) in [6, 6.07) is 0. The van der Waals surface area contributed by atoms with Crippen molar-refractivity contribution >= 4 is 12.6 Å². The maximum atomic E-state index is 10.0. The zero-order chi connectivity index (χ0) is 10.4. The highest BCUT2D eigenvalue weighted by Crippen LogP contribution is 2.43. The van der Waals surface area contributed by atoms with Crippen molar-refractivity contribution in [2.75, 3.05) is 5.75 Å². The summed E-state index contributed by atoms with van der Waals surface area (Å²) >= 11 is 4.31. The Morgan fingerprint density at radius 3 is 1.85 bits per heavy atom. The molecule has 0 fully saturated rings. The molecule has 0 amide bonds. The molecule has 0 aliphatic carbocycles. The zero-order valence-corrected chi connectivity index (χ0v) is 9.94. The van der Waals surface area contributed by atoms with Crippen molar-refractivity contribution in [1.29, 1.82) is 0 Å². The van der Waals surface area contributed by atoms with Gasteiger partial charge >= 0.3 is 0 Å². The van der Waals surface area contributed by atoms with Crippen LogP contribution in [-0.2, 0) is 0 Å². The Bertz CT molecular complexity index is 256. The second kappa shape index (κ2) is 3.01. The van der Waals surface area contributed by atoms with Gasteiger partial charge in [-0.3, -0.25) is 0 Å². The third-order valence-electron chi connectivity index (χ3n) is 3.33. The number of hydrogen-bond acceptors (Lipinski definition) is 3. The topological polar surface area (TPSA) is 23.5 Å². The number of hydroxylamine groups is 2. The largest absolute Gasteiger partial charge is 0.312 e. The molecule has 0 saturated carbocycles. The van der Waals surface area contributed by atoms with Gasteiger partial charge in [-0.15, -0.1) is 0 Å². The molecular weight excluding hydrogens is 182 g/mol. The van der Waals surface area contributed by atoms with Gasteiger partial charge in [0.25, 0.3) is 0 Å². The van der Waals surface area contributed by atoms with E-state index in [0.717, 1.165) is 0 Å². The third kappa shape index (κ3) is 1.34. The molecule has 0 aromatic heterocycles.